The van der Waals surface area contributed by atoms with Crippen LogP contribution in [0.5, 0.6) is 0 Å². The highest BCUT2D eigenvalue weighted by atomic mass is 16.6. The molecular weight excluding hydrogens is 304 g/mol. The molecule has 2 saturated carbocycles. The van der Waals surface area contributed by atoms with Crippen LogP contribution >= 0.6 is 0 Å². The van der Waals surface area contributed by atoms with Crippen molar-refractivity contribution in [2.45, 2.75) is 57.0 Å². The van der Waals surface area contributed by atoms with Crippen LogP contribution in [0, 0.1) is 23.7 Å². The van der Waals surface area contributed by atoms with Gasteiger partial charge in [-0.05, 0) is 38.5 Å². The van der Waals surface area contributed by atoms with E-state index in [4.69, 9.17) is 14.2 Å². The molecule has 7 unspecified atom stereocenters. The summed E-state index contributed by atoms with van der Waals surface area (Å²) in [5.74, 6) is -2.28. The Morgan fingerprint density at radius 2 is 1.48 bits per heavy atom. The number of rotatable bonds is 2. The van der Waals surface area contributed by atoms with Gasteiger partial charge in [-0.1, -0.05) is 0 Å². The van der Waals surface area contributed by atoms with E-state index in [0.29, 0.717) is 25.7 Å². The van der Waals surface area contributed by atoms with Crippen LogP contribution in [-0.4, -0.2) is 41.5 Å². The lowest BCUT2D eigenvalue weighted by atomic mass is 9.77. The summed E-state index contributed by atoms with van der Waals surface area (Å²) in [5, 5.41) is 9.69. The van der Waals surface area contributed by atoms with Gasteiger partial charge in [0, 0.05) is 5.92 Å². The quantitative estimate of drug-likeness (QED) is 0.584. The molecule has 2 saturated heterocycles. The Balaban J connectivity index is 1.35. The summed E-state index contributed by atoms with van der Waals surface area (Å²) < 4.78 is 15.7. The second kappa shape index (κ2) is 5.56. The third-order valence-corrected chi connectivity index (χ3v) is 5.76. The van der Waals surface area contributed by atoms with Gasteiger partial charge in [-0.2, -0.15) is 0 Å². The molecule has 23 heavy (non-hydrogen) atoms. The monoisotopic (exact) mass is 324 g/mol. The summed E-state index contributed by atoms with van der Waals surface area (Å²) in [6, 6.07) is 0. The first-order valence-electron chi connectivity index (χ1n) is 8.32. The van der Waals surface area contributed by atoms with E-state index in [0.717, 1.165) is 12.8 Å². The average Bonchev–Trinajstić information content (AvgIpc) is 2.96. The molecule has 4 fully saturated rings. The van der Waals surface area contributed by atoms with Gasteiger partial charge in [0.2, 0.25) is 6.29 Å². The highest BCUT2D eigenvalue weighted by molar-refractivity contribution is 5.96. The van der Waals surface area contributed by atoms with E-state index >= 15 is 0 Å². The number of esters is 3. The van der Waals surface area contributed by atoms with Crippen molar-refractivity contribution in [1.82, 2.24) is 0 Å². The molecule has 4 aliphatic rings. The topological polar surface area (TPSA) is 99.1 Å². The number of carbonyl (C=O) groups excluding carboxylic acids is 3. The molecule has 0 amide bonds. The number of fused-ring (bicyclic) bond motifs is 2. The van der Waals surface area contributed by atoms with Crippen LogP contribution in [0.2, 0.25) is 0 Å². The van der Waals surface area contributed by atoms with Crippen LogP contribution in [0.25, 0.3) is 0 Å². The second-order valence-corrected chi connectivity index (χ2v) is 7.06. The summed E-state index contributed by atoms with van der Waals surface area (Å²) in [7, 11) is 0. The predicted octanol–water partition coefficient (Wildman–Crippen LogP) is 0.531. The molecule has 0 radical (unpaired) electrons. The largest absolute Gasteiger partial charge is 0.435 e. The zero-order valence-corrected chi connectivity index (χ0v) is 12.7. The molecule has 0 aromatic carbocycles. The van der Waals surface area contributed by atoms with Crippen LogP contribution in [0.15, 0.2) is 0 Å². The van der Waals surface area contributed by atoms with Gasteiger partial charge in [0.25, 0.3) is 0 Å². The molecule has 126 valence electrons. The number of ether oxygens (including phenoxy) is 3. The Kier molecular flexibility index (Phi) is 3.65. The van der Waals surface area contributed by atoms with Crippen LogP contribution in [-0.2, 0) is 28.6 Å². The second-order valence-electron chi connectivity index (χ2n) is 7.06. The van der Waals surface area contributed by atoms with Crippen molar-refractivity contribution in [2.75, 3.05) is 0 Å². The number of carbonyl (C=O) groups is 3. The van der Waals surface area contributed by atoms with E-state index in [9.17, 15) is 19.5 Å². The first kappa shape index (κ1) is 15.1. The van der Waals surface area contributed by atoms with Gasteiger partial charge in [-0.25, -0.2) is 0 Å². The molecule has 0 aromatic heterocycles. The van der Waals surface area contributed by atoms with Crippen molar-refractivity contribution in [3.05, 3.63) is 0 Å². The molecule has 2 aliphatic heterocycles. The van der Waals surface area contributed by atoms with E-state index in [2.05, 4.69) is 0 Å². The first-order chi connectivity index (χ1) is 11.0. The highest BCUT2D eigenvalue weighted by Crippen LogP contribution is 2.42. The lowest BCUT2D eigenvalue weighted by Crippen LogP contribution is -2.38. The van der Waals surface area contributed by atoms with Gasteiger partial charge in [0.15, 0.2) is 0 Å². The summed E-state index contributed by atoms with van der Waals surface area (Å²) in [5.41, 5.74) is 0. The molecule has 2 aliphatic carbocycles. The average molecular weight is 324 g/mol. The molecule has 0 spiro atoms. The van der Waals surface area contributed by atoms with Crippen LogP contribution in [0.4, 0.5) is 0 Å². The highest BCUT2D eigenvalue weighted by Gasteiger charge is 2.50. The first-order valence-corrected chi connectivity index (χ1v) is 8.32. The van der Waals surface area contributed by atoms with Crippen LogP contribution < -0.4 is 0 Å². The van der Waals surface area contributed by atoms with Crippen molar-refractivity contribution >= 4 is 17.9 Å². The number of aliphatic hydroxyl groups excluding tert-OH is 1. The minimum Gasteiger partial charge on any atom is -0.435 e. The van der Waals surface area contributed by atoms with Gasteiger partial charge in [0.1, 0.15) is 0 Å². The number of hydrogen-bond donors (Lipinski definition) is 1. The third-order valence-electron chi connectivity index (χ3n) is 5.76. The smallest absolute Gasteiger partial charge is 0.317 e. The lowest BCUT2D eigenvalue weighted by molar-refractivity contribution is -0.157. The zero-order valence-electron chi connectivity index (χ0n) is 12.7. The standard InChI is InChI=1S/C16H20O7/c17-13-9-3-1-7(5-11(9)15(19)22-13)21-8-2-4-10-12(6-8)16(20)23-14(10)18/h7-13,17H,1-6H2. The van der Waals surface area contributed by atoms with Gasteiger partial charge in [0.05, 0.1) is 30.0 Å². The molecule has 2 heterocycles. The Morgan fingerprint density at radius 1 is 0.826 bits per heavy atom. The molecular formula is C16H20O7. The molecule has 7 nitrogen and oxygen atoms in total. The van der Waals surface area contributed by atoms with Gasteiger partial charge in [-0.15, -0.1) is 0 Å². The van der Waals surface area contributed by atoms with Crippen molar-refractivity contribution < 1.29 is 33.7 Å². The summed E-state index contributed by atoms with van der Waals surface area (Å²) >= 11 is 0. The van der Waals surface area contributed by atoms with E-state index in [1.807, 2.05) is 0 Å². The van der Waals surface area contributed by atoms with Crippen molar-refractivity contribution in [3.8, 4) is 0 Å². The Morgan fingerprint density at radius 3 is 2.26 bits per heavy atom. The molecule has 0 aromatic rings. The van der Waals surface area contributed by atoms with Gasteiger partial charge < -0.3 is 19.3 Å². The fourth-order valence-corrected chi connectivity index (χ4v) is 4.51. The Hall–Kier alpha value is -1.47. The number of hydrogen-bond acceptors (Lipinski definition) is 7. The third kappa shape index (κ3) is 2.55. The SMILES string of the molecule is O=C1OC(=O)C2CC(OC3CCC4C(O)OC(=O)C4C3)CCC12. The summed E-state index contributed by atoms with van der Waals surface area (Å²) in [6.07, 6.45) is 2.72. The molecule has 7 heteroatoms. The minimum atomic E-state index is -0.983. The maximum absolute atomic E-state index is 11.7. The van der Waals surface area contributed by atoms with Crippen molar-refractivity contribution in [1.29, 1.82) is 0 Å². The van der Waals surface area contributed by atoms with Crippen LogP contribution in [0.1, 0.15) is 38.5 Å². The maximum Gasteiger partial charge on any atom is 0.317 e. The fourth-order valence-electron chi connectivity index (χ4n) is 4.51. The Bertz CT molecular complexity index is 545. The van der Waals surface area contributed by atoms with Crippen molar-refractivity contribution in [3.63, 3.8) is 0 Å². The molecule has 4 rings (SSSR count). The van der Waals surface area contributed by atoms with E-state index < -0.39 is 18.2 Å². The summed E-state index contributed by atoms with van der Waals surface area (Å²) in [6.45, 7) is 0. The van der Waals surface area contributed by atoms with Gasteiger partial charge >= 0.3 is 17.9 Å². The van der Waals surface area contributed by atoms with E-state index in [1.54, 1.807) is 0 Å². The number of cyclic esters (lactones) is 3. The molecule has 1 N–H and O–H groups in total. The van der Waals surface area contributed by atoms with E-state index in [-0.39, 0.29) is 41.8 Å². The van der Waals surface area contributed by atoms with E-state index in [1.165, 1.54) is 0 Å². The van der Waals surface area contributed by atoms with Gasteiger partial charge in [-0.3, -0.25) is 14.4 Å². The molecule has 0 bridgehead atoms. The Labute approximate surface area is 133 Å². The number of aliphatic hydroxyl groups is 1. The summed E-state index contributed by atoms with van der Waals surface area (Å²) in [4.78, 5) is 35.0. The lowest BCUT2D eigenvalue weighted by Gasteiger charge is -2.35. The fraction of sp³-hybridized carbons (Fsp3) is 0.812. The minimum absolute atomic E-state index is 0.0659. The van der Waals surface area contributed by atoms with Crippen LogP contribution in [0.3, 0.4) is 0 Å². The zero-order chi connectivity index (χ0) is 16.1. The van der Waals surface area contributed by atoms with Crippen molar-refractivity contribution in [2.24, 2.45) is 23.7 Å². The molecule has 7 atom stereocenters. The normalized spacial score (nSPS) is 46.1. The predicted molar refractivity (Wildman–Crippen MR) is 73.5 cm³/mol. The maximum atomic E-state index is 11.7.